The predicted octanol–water partition coefficient (Wildman–Crippen LogP) is -7.12. The number of nitrogens with zero attached hydrogens (tertiary/aromatic N) is 2. The van der Waals surface area contributed by atoms with Gasteiger partial charge in [-0.05, 0) is 0 Å². The summed E-state index contributed by atoms with van der Waals surface area (Å²) in [5.74, 6) is 0. The van der Waals surface area contributed by atoms with Gasteiger partial charge in [0.25, 0.3) is 0 Å². The van der Waals surface area contributed by atoms with Crippen LogP contribution in [-0.2, 0) is 4.57 Å². The topological polar surface area (TPSA) is 131 Å². The van der Waals surface area contributed by atoms with E-state index in [1.165, 1.54) is 13.8 Å². The Morgan fingerprint density at radius 3 is 1.15 bits per heavy atom. The van der Waals surface area contributed by atoms with Crippen LogP contribution in [0.2, 0.25) is 0 Å². The van der Waals surface area contributed by atoms with Gasteiger partial charge in [0.2, 0.25) is 0 Å². The molecule has 0 amide bonds. The average molecular weight is 256 g/mol. The minimum Gasteiger partial charge on any atom is -0.790 e. The summed E-state index contributed by atoms with van der Waals surface area (Å²) in [6.07, 6.45) is 0. The van der Waals surface area contributed by atoms with Crippen LogP contribution < -0.4 is 113 Å². The maximum atomic E-state index is 8.66. The van der Waals surface area contributed by atoms with Crippen molar-refractivity contribution in [2.45, 2.75) is 13.8 Å². The first-order chi connectivity index (χ1) is 4.83. The number of hydrogen-bond donors (Lipinski definition) is 1. The van der Waals surface area contributed by atoms with Crippen LogP contribution in [0.4, 0.5) is 0 Å². The molecule has 0 spiro atoms. The first-order valence-corrected chi connectivity index (χ1v) is 3.69. The molecule has 0 aliphatic carbocycles. The molecule has 0 radical (unpaired) electrons. The van der Waals surface area contributed by atoms with E-state index in [2.05, 4.69) is 0 Å². The number of nitriles is 2. The largest absolute Gasteiger partial charge is 1.00 e. The van der Waals surface area contributed by atoms with E-state index in [1.807, 2.05) is 0 Å². The Balaban J connectivity index is -0.0000000240. The first-order valence-electron chi connectivity index (χ1n) is 2.19. The maximum absolute atomic E-state index is 8.66. The Morgan fingerprint density at radius 2 is 1.15 bits per heavy atom. The zero-order valence-electron chi connectivity index (χ0n) is 8.01. The van der Waals surface area contributed by atoms with Crippen molar-refractivity contribution < 1.29 is 122 Å². The summed E-state index contributed by atoms with van der Waals surface area (Å²) in [5.41, 5.74) is 0. The van der Waals surface area contributed by atoms with E-state index in [4.69, 9.17) is 29.8 Å². The maximum Gasteiger partial charge on any atom is 1.00 e. The van der Waals surface area contributed by atoms with Gasteiger partial charge in [0.05, 0.1) is 20.0 Å². The number of hydrogen-bond acceptors (Lipinski definition) is 5. The van der Waals surface area contributed by atoms with Gasteiger partial charge in [0.15, 0.2) is 0 Å². The van der Waals surface area contributed by atoms with E-state index >= 15 is 0 Å². The van der Waals surface area contributed by atoms with Gasteiger partial charge in [-0.1, -0.05) is 0 Å². The molecule has 6 nitrogen and oxygen atoms in total. The quantitative estimate of drug-likeness (QED) is 0.338. The monoisotopic (exact) mass is 256 g/mol. The SMILES string of the molecule is CC#N.CC#N.O=P([O-])([O-])O.[K+].[K+]. The summed E-state index contributed by atoms with van der Waals surface area (Å²) >= 11 is 0. The third-order valence-electron chi connectivity index (χ3n) is 0. The molecule has 0 aromatic heterocycles. The molecule has 0 saturated carbocycles. The Kier molecular flexibility index (Phi) is 54.2. The van der Waals surface area contributed by atoms with Crippen LogP contribution in [0, 0.1) is 22.7 Å². The molecule has 0 bridgehead atoms. The van der Waals surface area contributed by atoms with Crippen molar-refractivity contribution >= 4 is 7.82 Å². The summed E-state index contributed by atoms with van der Waals surface area (Å²) < 4.78 is 8.66. The van der Waals surface area contributed by atoms with Gasteiger partial charge in [-0.3, -0.25) is 0 Å². The number of rotatable bonds is 0. The van der Waals surface area contributed by atoms with E-state index < -0.39 is 7.82 Å². The molecule has 0 saturated heterocycles. The van der Waals surface area contributed by atoms with Crippen LogP contribution in [0.3, 0.4) is 0 Å². The van der Waals surface area contributed by atoms with Gasteiger partial charge >= 0.3 is 103 Å². The van der Waals surface area contributed by atoms with E-state index in [1.54, 1.807) is 12.1 Å². The summed E-state index contributed by atoms with van der Waals surface area (Å²) in [4.78, 5) is 24.3. The molecule has 0 atom stereocenters. The molecule has 0 aliphatic heterocycles. The second kappa shape index (κ2) is 23.9. The van der Waals surface area contributed by atoms with Crippen molar-refractivity contribution in [2.75, 3.05) is 0 Å². The molecule has 0 unspecified atom stereocenters. The van der Waals surface area contributed by atoms with Crippen LogP contribution in [0.5, 0.6) is 0 Å². The minimum absolute atomic E-state index is 0. The fraction of sp³-hybridized carbons (Fsp3) is 0.500. The molecular weight excluding hydrogens is 249 g/mol. The van der Waals surface area contributed by atoms with E-state index in [9.17, 15) is 0 Å². The average Bonchev–Trinajstić information content (AvgIpc) is 1.62. The fourth-order valence-electron chi connectivity index (χ4n) is 0. The third-order valence-corrected chi connectivity index (χ3v) is 0. The molecule has 0 aromatic carbocycles. The molecule has 0 aromatic rings. The van der Waals surface area contributed by atoms with Crippen molar-refractivity contribution in [3.8, 4) is 12.1 Å². The Morgan fingerprint density at radius 1 is 1.15 bits per heavy atom. The molecule has 9 heteroatoms. The molecule has 0 aliphatic rings. The Labute approximate surface area is 162 Å². The summed E-state index contributed by atoms with van der Waals surface area (Å²) in [6.45, 7) is 2.86. The fourth-order valence-corrected chi connectivity index (χ4v) is 0. The van der Waals surface area contributed by atoms with Crippen LogP contribution >= 0.6 is 7.82 Å². The smallest absolute Gasteiger partial charge is 0.790 e. The van der Waals surface area contributed by atoms with Crippen LogP contribution in [0.15, 0.2) is 0 Å². The van der Waals surface area contributed by atoms with E-state index in [0.717, 1.165) is 0 Å². The molecule has 0 heterocycles. The first kappa shape index (κ1) is 29.5. The third kappa shape index (κ3) is 393. The van der Waals surface area contributed by atoms with Gasteiger partial charge in [-0.2, -0.15) is 10.5 Å². The molecule has 0 fully saturated rings. The second-order valence-electron chi connectivity index (χ2n) is 0.916. The molecule has 0 rings (SSSR count). The van der Waals surface area contributed by atoms with Crippen LogP contribution in [0.25, 0.3) is 0 Å². The van der Waals surface area contributed by atoms with Gasteiger partial charge in [0.1, 0.15) is 0 Å². The zero-order valence-corrected chi connectivity index (χ0v) is 15.2. The minimum atomic E-state index is -5.14. The summed E-state index contributed by atoms with van der Waals surface area (Å²) in [7, 11) is -5.14. The summed E-state index contributed by atoms with van der Waals surface area (Å²) in [5, 5.41) is 14.6. The summed E-state index contributed by atoms with van der Waals surface area (Å²) in [6, 6.07) is 3.50. The second-order valence-corrected chi connectivity index (χ2v) is 1.85. The Bertz CT molecular complexity index is 173. The number of phosphoric acid groups is 1. The van der Waals surface area contributed by atoms with Crippen molar-refractivity contribution in [3.63, 3.8) is 0 Å². The van der Waals surface area contributed by atoms with Crippen LogP contribution in [0.1, 0.15) is 13.8 Å². The predicted molar refractivity (Wildman–Crippen MR) is 32.4 cm³/mol. The van der Waals surface area contributed by atoms with E-state index in [0.29, 0.717) is 0 Å². The zero-order chi connectivity index (χ0) is 9.91. The van der Waals surface area contributed by atoms with Gasteiger partial charge in [-0.15, -0.1) is 0 Å². The van der Waals surface area contributed by atoms with Gasteiger partial charge < -0.3 is 19.2 Å². The standard InChI is InChI=1S/2C2H3N.2K.H3O4P/c2*1-2-3;;;1-5(2,3)4/h2*1H3;;;(H3,1,2,3,4)/q;;2*+1;/p-2. The van der Waals surface area contributed by atoms with Crippen molar-refractivity contribution in [1.29, 1.82) is 10.5 Å². The molecule has 64 valence electrons. The normalized spacial score (nSPS) is 5.77. The van der Waals surface area contributed by atoms with Gasteiger partial charge in [-0.25, -0.2) is 0 Å². The van der Waals surface area contributed by atoms with Crippen molar-refractivity contribution in [2.24, 2.45) is 0 Å². The van der Waals surface area contributed by atoms with Crippen molar-refractivity contribution in [1.82, 2.24) is 0 Å². The molecule has 13 heavy (non-hydrogen) atoms. The van der Waals surface area contributed by atoms with Gasteiger partial charge in [0, 0.05) is 13.8 Å². The van der Waals surface area contributed by atoms with E-state index in [-0.39, 0.29) is 103 Å². The molecular formula is C4H7K2N2O4P. The van der Waals surface area contributed by atoms with Crippen molar-refractivity contribution in [3.05, 3.63) is 0 Å². The molecule has 1 N–H and O–H groups in total. The van der Waals surface area contributed by atoms with Crippen LogP contribution in [-0.4, -0.2) is 4.89 Å². The Hall–Kier alpha value is 2.36.